The first kappa shape index (κ1) is 19.1. The second-order valence-corrected chi connectivity index (χ2v) is 7.35. The highest BCUT2D eigenvalue weighted by Crippen LogP contribution is 2.29. The van der Waals surface area contributed by atoms with Gasteiger partial charge in [0.25, 0.3) is 11.8 Å². The second kappa shape index (κ2) is 7.00. The van der Waals surface area contributed by atoms with Gasteiger partial charge >= 0.3 is 0 Å². The van der Waals surface area contributed by atoms with Crippen molar-refractivity contribution in [3.8, 4) is 5.75 Å². The number of carbonyl (C=O) groups is 2. The van der Waals surface area contributed by atoms with Crippen LogP contribution in [0, 0.1) is 12.7 Å². The standard InChI is InChI=1S/C20H20FN3O5/c1-10-3-4-12(14(21)5-10)6-22-19(27)13-7-23-8-15-24(11(2)9-29-15)20(28)16(23)18(26)17(13)25/h3-5,7,11,15,26H,6,8-9H2,1-2H3,(H,22,27)/t11-,15+/m1/s1. The Morgan fingerprint density at radius 3 is 2.86 bits per heavy atom. The summed E-state index contributed by atoms with van der Waals surface area (Å²) in [4.78, 5) is 39.3. The van der Waals surface area contributed by atoms with E-state index in [4.69, 9.17) is 4.74 Å². The highest BCUT2D eigenvalue weighted by atomic mass is 19.1. The van der Waals surface area contributed by atoms with E-state index in [1.165, 1.54) is 21.7 Å². The van der Waals surface area contributed by atoms with E-state index >= 15 is 0 Å². The summed E-state index contributed by atoms with van der Waals surface area (Å²) in [5.41, 5.74) is -0.420. The maximum Gasteiger partial charge on any atom is 0.276 e. The van der Waals surface area contributed by atoms with Gasteiger partial charge in [0.05, 0.1) is 19.2 Å². The molecule has 2 amide bonds. The van der Waals surface area contributed by atoms with E-state index in [1.807, 2.05) is 6.92 Å². The summed E-state index contributed by atoms with van der Waals surface area (Å²) in [6, 6.07) is 4.43. The number of nitrogens with one attached hydrogen (secondary N) is 1. The van der Waals surface area contributed by atoms with Crippen LogP contribution in [0.3, 0.4) is 0 Å². The number of nitrogens with zero attached hydrogens (tertiary/aromatic N) is 2. The Labute approximate surface area is 165 Å². The van der Waals surface area contributed by atoms with Gasteiger partial charge in [-0.15, -0.1) is 0 Å². The Morgan fingerprint density at radius 2 is 2.14 bits per heavy atom. The molecule has 0 spiro atoms. The average molecular weight is 401 g/mol. The number of benzene rings is 1. The minimum atomic E-state index is -0.947. The zero-order valence-electron chi connectivity index (χ0n) is 15.9. The molecule has 1 aromatic carbocycles. The molecule has 0 unspecified atom stereocenters. The molecule has 0 aliphatic carbocycles. The zero-order chi connectivity index (χ0) is 20.9. The van der Waals surface area contributed by atoms with Crippen molar-refractivity contribution in [1.29, 1.82) is 0 Å². The smallest absolute Gasteiger partial charge is 0.276 e. The number of ether oxygens (including phenoxy) is 1. The number of pyridine rings is 1. The molecule has 2 aliphatic heterocycles. The van der Waals surface area contributed by atoms with E-state index in [0.717, 1.165) is 5.56 Å². The third-order valence-electron chi connectivity index (χ3n) is 5.25. The molecule has 152 valence electrons. The van der Waals surface area contributed by atoms with Gasteiger partial charge < -0.3 is 24.6 Å². The molecule has 2 aromatic rings. The van der Waals surface area contributed by atoms with Gasteiger partial charge in [-0.1, -0.05) is 12.1 Å². The number of aryl methyl sites for hydroxylation is 1. The molecule has 1 fully saturated rings. The van der Waals surface area contributed by atoms with Gasteiger partial charge in [-0.05, 0) is 25.5 Å². The monoisotopic (exact) mass is 401 g/mol. The topological polar surface area (TPSA) is 101 Å². The number of hydrogen-bond donors (Lipinski definition) is 2. The van der Waals surface area contributed by atoms with E-state index in [-0.39, 0.29) is 36.0 Å². The van der Waals surface area contributed by atoms with E-state index in [1.54, 1.807) is 19.1 Å². The van der Waals surface area contributed by atoms with Crippen LogP contribution in [-0.2, 0) is 17.8 Å². The first-order chi connectivity index (χ1) is 13.8. The molecule has 2 atom stereocenters. The average Bonchev–Trinajstić information content (AvgIpc) is 3.04. The van der Waals surface area contributed by atoms with Crippen molar-refractivity contribution in [3.63, 3.8) is 0 Å². The van der Waals surface area contributed by atoms with E-state index < -0.39 is 35.0 Å². The third-order valence-corrected chi connectivity index (χ3v) is 5.25. The van der Waals surface area contributed by atoms with Crippen LogP contribution in [0.1, 0.15) is 38.9 Å². The number of hydrogen-bond acceptors (Lipinski definition) is 5. The Bertz CT molecular complexity index is 1080. The number of halogens is 1. The van der Waals surface area contributed by atoms with Gasteiger partial charge in [0.2, 0.25) is 5.43 Å². The van der Waals surface area contributed by atoms with Crippen molar-refractivity contribution in [3.05, 3.63) is 62.8 Å². The van der Waals surface area contributed by atoms with Gasteiger partial charge in [0.15, 0.2) is 17.7 Å². The molecule has 8 nitrogen and oxygen atoms in total. The van der Waals surface area contributed by atoms with Crippen molar-refractivity contribution in [2.45, 2.75) is 39.2 Å². The van der Waals surface area contributed by atoms with Crippen LogP contribution in [-0.4, -0.2) is 45.3 Å². The fourth-order valence-electron chi connectivity index (χ4n) is 3.70. The molecule has 1 saturated heterocycles. The summed E-state index contributed by atoms with van der Waals surface area (Å²) in [7, 11) is 0. The van der Waals surface area contributed by atoms with Gasteiger partial charge in [-0.25, -0.2) is 4.39 Å². The van der Waals surface area contributed by atoms with Crippen LogP contribution >= 0.6 is 0 Å². The van der Waals surface area contributed by atoms with Gasteiger partial charge in [-0.2, -0.15) is 0 Å². The van der Waals surface area contributed by atoms with E-state index in [0.29, 0.717) is 6.61 Å². The van der Waals surface area contributed by atoms with E-state index in [9.17, 15) is 23.9 Å². The van der Waals surface area contributed by atoms with Gasteiger partial charge in [-0.3, -0.25) is 14.4 Å². The summed E-state index contributed by atoms with van der Waals surface area (Å²) in [6.07, 6.45) is 0.712. The lowest BCUT2D eigenvalue weighted by Crippen LogP contribution is -2.49. The fraction of sp³-hybridized carbons (Fsp3) is 0.350. The molecule has 1 aromatic heterocycles. The number of aromatic nitrogens is 1. The van der Waals surface area contributed by atoms with Gasteiger partial charge in [0, 0.05) is 18.3 Å². The normalized spacial score (nSPS) is 20.4. The minimum absolute atomic E-state index is 0.122. The number of carbonyl (C=O) groups excluding carboxylic acids is 2. The van der Waals surface area contributed by atoms with Crippen LogP contribution in [0.4, 0.5) is 4.39 Å². The Morgan fingerprint density at radius 1 is 1.38 bits per heavy atom. The first-order valence-corrected chi connectivity index (χ1v) is 9.22. The molecule has 2 aliphatic rings. The third kappa shape index (κ3) is 3.17. The molecule has 0 bridgehead atoms. The molecule has 29 heavy (non-hydrogen) atoms. The van der Waals surface area contributed by atoms with E-state index in [2.05, 4.69) is 5.32 Å². The zero-order valence-corrected chi connectivity index (χ0v) is 15.9. The maximum atomic E-state index is 14.0. The summed E-state index contributed by atoms with van der Waals surface area (Å²) in [5, 5.41) is 12.8. The highest BCUT2D eigenvalue weighted by molar-refractivity contribution is 5.99. The quantitative estimate of drug-likeness (QED) is 0.803. The lowest BCUT2D eigenvalue weighted by molar-refractivity contribution is 0.00624. The van der Waals surface area contributed by atoms with Crippen LogP contribution in [0.25, 0.3) is 0 Å². The maximum absolute atomic E-state index is 14.0. The van der Waals surface area contributed by atoms with Crippen LogP contribution in [0.15, 0.2) is 29.2 Å². The predicted octanol–water partition coefficient (Wildman–Crippen LogP) is 1.13. The molecule has 4 rings (SSSR count). The molecule has 0 radical (unpaired) electrons. The molecular weight excluding hydrogens is 381 g/mol. The second-order valence-electron chi connectivity index (χ2n) is 7.35. The van der Waals surface area contributed by atoms with Crippen molar-refractivity contribution in [2.24, 2.45) is 0 Å². The van der Waals surface area contributed by atoms with Crippen molar-refractivity contribution in [2.75, 3.05) is 6.61 Å². The predicted molar refractivity (Wildman–Crippen MR) is 100 cm³/mol. The SMILES string of the molecule is Cc1ccc(CNC(=O)c2cn3c(c(O)c2=O)C(=O)N2[C@H](C)CO[C@H]2C3)c(F)c1. The molecule has 3 heterocycles. The lowest BCUT2D eigenvalue weighted by atomic mass is 10.1. The lowest BCUT2D eigenvalue weighted by Gasteiger charge is -2.33. The Hall–Kier alpha value is -3.20. The molecule has 9 heteroatoms. The minimum Gasteiger partial charge on any atom is -0.503 e. The number of aromatic hydroxyl groups is 1. The summed E-state index contributed by atoms with van der Waals surface area (Å²) in [6.45, 7) is 3.98. The van der Waals surface area contributed by atoms with Crippen LogP contribution < -0.4 is 10.7 Å². The largest absolute Gasteiger partial charge is 0.503 e. The summed E-state index contributed by atoms with van der Waals surface area (Å²) >= 11 is 0. The molecule has 2 N–H and O–H groups in total. The van der Waals surface area contributed by atoms with Crippen LogP contribution in [0.2, 0.25) is 0 Å². The van der Waals surface area contributed by atoms with Crippen molar-refractivity contribution in [1.82, 2.24) is 14.8 Å². The van der Waals surface area contributed by atoms with Crippen molar-refractivity contribution < 1.29 is 23.8 Å². The number of amides is 2. The summed E-state index contributed by atoms with van der Waals surface area (Å²) in [5.74, 6) is -2.53. The highest BCUT2D eigenvalue weighted by Gasteiger charge is 2.42. The molecule has 0 saturated carbocycles. The Balaban J connectivity index is 1.62. The number of rotatable bonds is 3. The molecular formula is C20H20FN3O5. The van der Waals surface area contributed by atoms with Crippen molar-refractivity contribution >= 4 is 11.8 Å². The van der Waals surface area contributed by atoms with Gasteiger partial charge in [0.1, 0.15) is 11.4 Å². The Kier molecular flexibility index (Phi) is 4.62. The fourth-order valence-corrected chi connectivity index (χ4v) is 3.70. The van der Waals surface area contributed by atoms with Crippen LogP contribution in [0.5, 0.6) is 5.75 Å². The summed E-state index contributed by atoms with van der Waals surface area (Å²) < 4.78 is 20.9. The number of fused-ring (bicyclic) bond motifs is 2. The first-order valence-electron chi connectivity index (χ1n) is 9.22.